The Hall–Kier alpha value is -3.81. The third-order valence-corrected chi connectivity index (χ3v) is 6.46. The molecule has 7 nitrogen and oxygen atoms in total. The van der Waals surface area contributed by atoms with Crippen molar-refractivity contribution in [1.82, 2.24) is 20.4 Å². The van der Waals surface area contributed by atoms with Crippen molar-refractivity contribution in [3.05, 3.63) is 95.1 Å². The van der Waals surface area contributed by atoms with Gasteiger partial charge in [0.1, 0.15) is 0 Å². The standard InChI is InChI=1S/C30H32N4O3/c1-20-5-4-6-27(15-20)30-33-32-29(37-30)26-13-11-25(12-14-26)28(35)31-16-23-7-9-24(10-8-23)19-34-17-21(2)36-22(3)18-34/h4-15,21-22H,16-19H2,1-3H3,(H,31,35). The lowest BCUT2D eigenvalue weighted by atomic mass is 10.1. The van der Waals surface area contributed by atoms with E-state index in [0.717, 1.165) is 41.9 Å². The Kier molecular flexibility index (Phi) is 7.44. The smallest absolute Gasteiger partial charge is 0.251 e. The van der Waals surface area contributed by atoms with Crippen molar-refractivity contribution in [2.24, 2.45) is 0 Å². The molecule has 1 fully saturated rings. The Labute approximate surface area is 217 Å². The van der Waals surface area contributed by atoms with E-state index in [9.17, 15) is 4.79 Å². The predicted molar refractivity (Wildman–Crippen MR) is 143 cm³/mol. The van der Waals surface area contributed by atoms with Crippen molar-refractivity contribution in [2.45, 2.75) is 46.1 Å². The molecular weight excluding hydrogens is 464 g/mol. The molecule has 190 valence electrons. The van der Waals surface area contributed by atoms with Gasteiger partial charge in [0.2, 0.25) is 11.8 Å². The summed E-state index contributed by atoms with van der Waals surface area (Å²) in [5.74, 6) is 0.767. The fourth-order valence-electron chi connectivity index (χ4n) is 4.72. The Balaban J connectivity index is 1.15. The lowest BCUT2D eigenvalue weighted by molar-refractivity contribution is -0.0704. The molecule has 2 heterocycles. The zero-order valence-corrected chi connectivity index (χ0v) is 21.5. The first-order chi connectivity index (χ1) is 17.9. The van der Waals surface area contributed by atoms with Gasteiger partial charge in [0.15, 0.2) is 0 Å². The molecule has 1 amide bonds. The maximum absolute atomic E-state index is 12.7. The van der Waals surface area contributed by atoms with Crippen LogP contribution < -0.4 is 5.32 Å². The van der Waals surface area contributed by atoms with Gasteiger partial charge in [-0.15, -0.1) is 10.2 Å². The molecule has 0 spiro atoms. The quantitative estimate of drug-likeness (QED) is 0.376. The van der Waals surface area contributed by atoms with E-state index >= 15 is 0 Å². The second-order valence-electron chi connectivity index (χ2n) is 9.81. The van der Waals surface area contributed by atoms with Gasteiger partial charge >= 0.3 is 0 Å². The van der Waals surface area contributed by atoms with Gasteiger partial charge in [-0.3, -0.25) is 9.69 Å². The molecule has 5 rings (SSSR count). The summed E-state index contributed by atoms with van der Waals surface area (Å²) < 4.78 is 11.7. The second-order valence-corrected chi connectivity index (χ2v) is 9.81. The first-order valence-corrected chi connectivity index (χ1v) is 12.7. The molecule has 1 aliphatic rings. The summed E-state index contributed by atoms with van der Waals surface area (Å²) in [5, 5.41) is 11.3. The molecule has 37 heavy (non-hydrogen) atoms. The molecule has 4 aromatic rings. The maximum Gasteiger partial charge on any atom is 0.251 e. The van der Waals surface area contributed by atoms with E-state index in [1.807, 2.05) is 43.3 Å². The SMILES string of the molecule is Cc1cccc(-c2nnc(-c3ccc(C(=O)NCc4ccc(CN5CC(C)OC(C)C5)cc4)cc3)o2)c1. The minimum Gasteiger partial charge on any atom is -0.416 e. The maximum atomic E-state index is 12.7. The lowest BCUT2D eigenvalue weighted by Crippen LogP contribution is -2.44. The van der Waals surface area contributed by atoms with Crippen LogP contribution >= 0.6 is 0 Å². The first kappa shape index (κ1) is 24.9. The highest BCUT2D eigenvalue weighted by molar-refractivity contribution is 5.94. The summed E-state index contributed by atoms with van der Waals surface area (Å²) in [6.45, 7) is 9.53. The van der Waals surface area contributed by atoms with E-state index in [4.69, 9.17) is 9.15 Å². The summed E-state index contributed by atoms with van der Waals surface area (Å²) >= 11 is 0. The number of benzene rings is 3. The van der Waals surface area contributed by atoms with Crippen LogP contribution in [0.5, 0.6) is 0 Å². The van der Waals surface area contributed by atoms with E-state index in [1.165, 1.54) is 5.56 Å². The Morgan fingerprint density at radius 1 is 0.892 bits per heavy atom. The Morgan fingerprint density at radius 3 is 2.22 bits per heavy atom. The van der Waals surface area contributed by atoms with E-state index in [2.05, 4.69) is 58.5 Å². The van der Waals surface area contributed by atoms with Crippen molar-refractivity contribution in [2.75, 3.05) is 13.1 Å². The van der Waals surface area contributed by atoms with Crippen LogP contribution in [0.4, 0.5) is 0 Å². The number of hydrogen-bond donors (Lipinski definition) is 1. The highest BCUT2D eigenvalue weighted by atomic mass is 16.5. The normalized spacial score (nSPS) is 18.0. The monoisotopic (exact) mass is 496 g/mol. The Bertz CT molecular complexity index is 1340. The van der Waals surface area contributed by atoms with Crippen LogP contribution in [-0.2, 0) is 17.8 Å². The highest BCUT2D eigenvalue weighted by Crippen LogP contribution is 2.24. The summed E-state index contributed by atoms with van der Waals surface area (Å²) in [4.78, 5) is 15.1. The molecule has 2 atom stereocenters. The van der Waals surface area contributed by atoms with E-state index < -0.39 is 0 Å². The first-order valence-electron chi connectivity index (χ1n) is 12.7. The number of aromatic nitrogens is 2. The molecule has 7 heteroatoms. The van der Waals surface area contributed by atoms with Crippen LogP contribution in [0, 0.1) is 6.92 Å². The topological polar surface area (TPSA) is 80.5 Å². The average Bonchev–Trinajstić information content (AvgIpc) is 3.38. The number of hydrogen-bond acceptors (Lipinski definition) is 6. The number of amides is 1. The average molecular weight is 497 g/mol. The van der Waals surface area contributed by atoms with Crippen LogP contribution in [0.25, 0.3) is 22.9 Å². The van der Waals surface area contributed by atoms with Gasteiger partial charge in [-0.05, 0) is 68.3 Å². The number of morpholine rings is 1. The fraction of sp³-hybridized carbons (Fsp3) is 0.300. The summed E-state index contributed by atoms with van der Waals surface area (Å²) in [5.41, 5.74) is 5.68. The van der Waals surface area contributed by atoms with Crippen LogP contribution in [0.2, 0.25) is 0 Å². The second kappa shape index (κ2) is 11.1. The number of rotatable bonds is 7. The van der Waals surface area contributed by atoms with Gasteiger partial charge in [-0.1, -0.05) is 42.0 Å². The van der Waals surface area contributed by atoms with Crippen molar-refractivity contribution in [1.29, 1.82) is 0 Å². The van der Waals surface area contributed by atoms with Gasteiger partial charge in [0, 0.05) is 42.9 Å². The number of nitrogens with one attached hydrogen (secondary N) is 1. The van der Waals surface area contributed by atoms with E-state index in [-0.39, 0.29) is 18.1 Å². The summed E-state index contributed by atoms with van der Waals surface area (Å²) in [6.07, 6.45) is 0.519. The van der Waals surface area contributed by atoms with Crippen molar-refractivity contribution in [3.63, 3.8) is 0 Å². The zero-order valence-electron chi connectivity index (χ0n) is 21.5. The van der Waals surface area contributed by atoms with E-state index in [1.54, 1.807) is 12.1 Å². The number of ether oxygens (including phenoxy) is 1. The molecule has 2 unspecified atom stereocenters. The van der Waals surface area contributed by atoms with Crippen molar-refractivity contribution < 1.29 is 13.9 Å². The molecular formula is C30H32N4O3. The molecule has 1 aromatic heterocycles. The van der Waals surface area contributed by atoms with Crippen molar-refractivity contribution >= 4 is 5.91 Å². The third-order valence-electron chi connectivity index (χ3n) is 6.46. The van der Waals surface area contributed by atoms with E-state index in [0.29, 0.717) is 23.9 Å². The molecule has 1 N–H and O–H groups in total. The van der Waals surface area contributed by atoms with Gasteiger partial charge in [0.25, 0.3) is 5.91 Å². The Morgan fingerprint density at radius 2 is 1.54 bits per heavy atom. The van der Waals surface area contributed by atoms with Crippen molar-refractivity contribution in [3.8, 4) is 22.9 Å². The van der Waals surface area contributed by atoms with Gasteiger partial charge in [0.05, 0.1) is 12.2 Å². The zero-order chi connectivity index (χ0) is 25.8. The highest BCUT2D eigenvalue weighted by Gasteiger charge is 2.22. The number of aryl methyl sites for hydroxylation is 1. The molecule has 1 aliphatic heterocycles. The van der Waals surface area contributed by atoms with Crippen LogP contribution in [0.1, 0.15) is 40.9 Å². The van der Waals surface area contributed by atoms with Crippen LogP contribution in [0.15, 0.2) is 77.2 Å². The van der Waals surface area contributed by atoms with Gasteiger partial charge in [-0.25, -0.2) is 0 Å². The number of carbonyl (C=O) groups excluding carboxylic acids is 1. The third kappa shape index (κ3) is 6.31. The van der Waals surface area contributed by atoms with Gasteiger partial charge < -0.3 is 14.5 Å². The molecule has 0 aliphatic carbocycles. The number of nitrogens with zero attached hydrogens (tertiary/aromatic N) is 3. The molecule has 0 radical (unpaired) electrons. The summed E-state index contributed by atoms with van der Waals surface area (Å²) in [7, 11) is 0. The minimum atomic E-state index is -0.127. The molecule has 1 saturated heterocycles. The van der Waals surface area contributed by atoms with Gasteiger partial charge in [-0.2, -0.15) is 0 Å². The lowest BCUT2D eigenvalue weighted by Gasteiger charge is -2.35. The predicted octanol–water partition coefficient (Wildman–Crippen LogP) is 5.25. The number of carbonyl (C=O) groups is 1. The van der Waals surface area contributed by atoms with Crippen LogP contribution in [-0.4, -0.2) is 46.3 Å². The minimum absolute atomic E-state index is 0.127. The molecule has 3 aromatic carbocycles. The largest absolute Gasteiger partial charge is 0.416 e. The fourth-order valence-corrected chi connectivity index (χ4v) is 4.72. The summed E-state index contributed by atoms with van der Waals surface area (Å²) in [6, 6.07) is 23.5. The molecule has 0 bridgehead atoms. The molecule has 0 saturated carbocycles. The van der Waals surface area contributed by atoms with Crippen LogP contribution in [0.3, 0.4) is 0 Å².